The van der Waals surface area contributed by atoms with Crippen LogP contribution in [0.25, 0.3) is 0 Å². The third-order valence-corrected chi connectivity index (χ3v) is 2.27. The summed E-state index contributed by atoms with van der Waals surface area (Å²) < 4.78 is 25.3. The highest BCUT2D eigenvalue weighted by Gasteiger charge is 2.11. The molecule has 0 aliphatic carbocycles. The minimum absolute atomic E-state index is 0.417. The first-order valence-corrected chi connectivity index (χ1v) is 4.67. The zero-order valence-electron chi connectivity index (χ0n) is 8.34. The van der Waals surface area contributed by atoms with Gasteiger partial charge in [-0.1, -0.05) is 13.0 Å². The predicted molar refractivity (Wildman–Crippen MR) is 51.5 cm³/mol. The standard InChI is InChI=1S/C11H12F2O2/c1-7(11(14)15)2-3-8-4-5-9(12)10(13)6-8/h4-7H,2-3H2,1H3,(H,14,15)/t7-/m0/s1. The third kappa shape index (κ3) is 3.31. The molecular weight excluding hydrogens is 202 g/mol. The van der Waals surface area contributed by atoms with E-state index in [1.165, 1.54) is 6.07 Å². The van der Waals surface area contributed by atoms with E-state index >= 15 is 0 Å². The van der Waals surface area contributed by atoms with Crippen molar-refractivity contribution in [2.45, 2.75) is 19.8 Å². The van der Waals surface area contributed by atoms with E-state index in [0.717, 1.165) is 12.1 Å². The Morgan fingerprint density at radius 1 is 1.40 bits per heavy atom. The molecule has 0 unspecified atom stereocenters. The molecule has 0 amide bonds. The van der Waals surface area contributed by atoms with Gasteiger partial charge in [-0.15, -0.1) is 0 Å². The summed E-state index contributed by atoms with van der Waals surface area (Å²) in [5, 5.41) is 8.62. The van der Waals surface area contributed by atoms with E-state index < -0.39 is 23.5 Å². The monoisotopic (exact) mass is 214 g/mol. The van der Waals surface area contributed by atoms with Crippen LogP contribution < -0.4 is 0 Å². The van der Waals surface area contributed by atoms with E-state index in [9.17, 15) is 13.6 Å². The normalized spacial score (nSPS) is 12.5. The molecule has 2 nitrogen and oxygen atoms in total. The van der Waals surface area contributed by atoms with Crippen LogP contribution in [-0.4, -0.2) is 11.1 Å². The fourth-order valence-electron chi connectivity index (χ4n) is 1.20. The van der Waals surface area contributed by atoms with Crippen molar-refractivity contribution in [2.75, 3.05) is 0 Å². The van der Waals surface area contributed by atoms with Crippen molar-refractivity contribution in [1.29, 1.82) is 0 Å². The molecule has 4 heteroatoms. The molecule has 1 atom stereocenters. The molecule has 0 fully saturated rings. The lowest BCUT2D eigenvalue weighted by Gasteiger charge is -2.05. The topological polar surface area (TPSA) is 37.3 Å². The highest BCUT2D eigenvalue weighted by atomic mass is 19.2. The Morgan fingerprint density at radius 3 is 2.60 bits per heavy atom. The minimum Gasteiger partial charge on any atom is -0.481 e. The first-order chi connectivity index (χ1) is 7.00. The Labute approximate surface area is 86.5 Å². The van der Waals surface area contributed by atoms with Gasteiger partial charge < -0.3 is 5.11 Å². The molecule has 82 valence electrons. The van der Waals surface area contributed by atoms with Crippen molar-refractivity contribution >= 4 is 5.97 Å². The summed E-state index contributed by atoms with van der Waals surface area (Å²) in [5.41, 5.74) is 0.613. The van der Waals surface area contributed by atoms with Gasteiger partial charge in [0.25, 0.3) is 0 Å². The Bertz CT molecular complexity index is 364. The molecule has 0 bridgehead atoms. The fraction of sp³-hybridized carbons (Fsp3) is 0.364. The van der Waals surface area contributed by atoms with Crippen molar-refractivity contribution in [3.8, 4) is 0 Å². The summed E-state index contributed by atoms with van der Waals surface area (Å²) in [6.07, 6.45) is 0.852. The summed E-state index contributed by atoms with van der Waals surface area (Å²) in [6.45, 7) is 1.59. The number of aryl methyl sites for hydroxylation is 1. The van der Waals surface area contributed by atoms with Gasteiger partial charge >= 0.3 is 5.97 Å². The van der Waals surface area contributed by atoms with Gasteiger partial charge in [0.05, 0.1) is 5.92 Å². The molecule has 0 aliphatic rings. The van der Waals surface area contributed by atoms with Gasteiger partial charge in [-0.25, -0.2) is 8.78 Å². The van der Waals surface area contributed by atoms with Crippen molar-refractivity contribution in [3.63, 3.8) is 0 Å². The Balaban J connectivity index is 2.58. The number of hydrogen-bond donors (Lipinski definition) is 1. The zero-order chi connectivity index (χ0) is 11.4. The number of aliphatic carboxylic acids is 1. The number of rotatable bonds is 4. The highest BCUT2D eigenvalue weighted by Crippen LogP contribution is 2.13. The van der Waals surface area contributed by atoms with Crippen LogP contribution in [0.15, 0.2) is 18.2 Å². The van der Waals surface area contributed by atoms with Gasteiger partial charge in [-0.2, -0.15) is 0 Å². The minimum atomic E-state index is -0.893. The maximum atomic E-state index is 12.8. The number of halogens is 2. The second-order valence-corrected chi connectivity index (χ2v) is 3.53. The third-order valence-electron chi connectivity index (χ3n) is 2.27. The van der Waals surface area contributed by atoms with Gasteiger partial charge in [0, 0.05) is 0 Å². The lowest BCUT2D eigenvalue weighted by molar-refractivity contribution is -0.141. The van der Waals surface area contributed by atoms with Crippen molar-refractivity contribution in [1.82, 2.24) is 0 Å². The number of carbonyl (C=O) groups is 1. The van der Waals surface area contributed by atoms with Crippen LogP contribution in [0.2, 0.25) is 0 Å². The predicted octanol–water partition coefficient (Wildman–Crippen LogP) is 2.62. The summed E-state index contributed by atoms with van der Waals surface area (Å²) in [6, 6.07) is 3.62. The quantitative estimate of drug-likeness (QED) is 0.836. The van der Waals surface area contributed by atoms with E-state index in [4.69, 9.17) is 5.11 Å². The number of benzene rings is 1. The van der Waals surface area contributed by atoms with Crippen LogP contribution in [-0.2, 0) is 11.2 Å². The summed E-state index contributed by atoms with van der Waals surface area (Å²) in [7, 11) is 0. The van der Waals surface area contributed by atoms with Crippen LogP contribution in [0.5, 0.6) is 0 Å². The smallest absolute Gasteiger partial charge is 0.306 e. The van der Waals surface area contributed by atoms with Gasteiger partial charge in [0.15, 0.2) is 11.6 Å². The van der Waals surface area contributed by atoms with E-state index in [0.29, 0.717) is 18.4 Å². The van der Waals surface area contributed by atoms with Crippen molar-refractivity contribution < 1.29 is 18.7 Å². The number of carboxylic acid groups (broad SMARTS) is 1. The lowest BCUT2D eigenvalue weighted by atomic mass is 10.0. The average Bonchev–Trinajstić information content (AvgIpc) is 2.19. The number of hydrogen-bond acceptors (Lipinski definition) is 1. The van der Waals surface area contributed by atoms with Crippen LogP contribution >= 0.6 is 0 Å². The molecule has 15 heavy (non-hydrogen) atoms. The molecule has 0 saturated carbocycles. The molecule has 0 aromatic heterocycles. The second-order valence-electron chi connectivity index (χ2n) is 3.53. The largest absolute Gasteiger partial charge is 0.481 e. The van der Waals surface area contributed by atoms with Crippen LogP contribution in [0, 0.1) is 17.6 Å². The fourth-order valence-corrected chi connectivity index (χ4v) is 1.20. The molecule has 0 heterocycles. The Morgan fingerprint density at radius 2 is 2.07 bits per heavy atom. The first-order valence-electron chi connectivity index (χ1n) is 4.67. The highest BCUT2D eigenvalue weighted by molar-refractivity contribution is 5.69. The molecule has 1 rings (SSSR count). The van der Waals surface area contributed by atoms with Crippen LogP contribution in [0.3, 0.4) is 0 Å². The zero-order valence-corrected chi connectivity index (χ0v) is 8.34. The van der Waals surface area contributed by atoms with Gasteiger partial charge in [0.1, 0.15) is 0 Å². The molecular formula is C11H12F2O2. The van der Waals surface area contributed by atoms with E-state index in [1.807, 2.05) is 0 Å². The molecule has 0 saturated heterocycles. The van der Waals surface area contributed by atoms with Gasteiger partial charge in [-0.3, -0.25) is 4.79 Å². The average molecular weight is 214 g/mol. The summed E-state index contributed by atoms with van der Waals surface area (Å²) in [4.78, 5) is 10.5. The molecule has 1 aromatic rings. The van der Waals surface area contributed by atoms with Crippen LogP contribution in [0.1, 0.15) is 18.9 Å². The van der Waals surface area contributed by atoms with Crippen molar-refractivity contribution in [2.24, 2.45) is 5.92 Å². The Kier molecular flexibility index (Phi) is 3.77. The lowest BCUT2D eigenvalue weighted by Crippen LogP contribution is -2.10. The van der Waals surface area contributed by atoms with E-state index in [1.54, 1.807) is 6.92 Å². The maximum Gasteiger partial charge on any atom is 0.306 e. The molecule has 0 radical (unpaired) electrons. The summed E-state index contributed by atoms with van der Waals surface area (Å²) >= 11 is 0. The molecule has 0 aliphatic heterocycles. The summed E-state index contributed by atoms with van der Waals surface area (Å²) in [5.74, 6) is -3.13. The SMILES string of the molecule is C[C@@H](CCc1ccc(F)c(F)c1)C(=O)O. The van der Waals surface area contributed by atoms with E-state index in [2.05, 4.69) is 0 Å². The van der Waals surface area contributed by atoms with Crippen LogP contribution in [0.4, 0.5) is 8.78 Å². The van der Waals surface area contributed by atoms with Gasteiger partial charge in [0.2, 0.25) is 0 Å². The number of carboxylic acids is 1. The maximum absolute atomic E-state index is 12.8. The van der Waals surface area contributed by atoms with E-state index in [-0.39, 0.29) is 0 Å². The first kappa shape index (κ1) is 11.6. The second kappa shape index (κ2) is 4.87. The molecule has 1 N–H and O–H groups in total. The Hall–Kier alpha value is -1.45. The molecule has 1 aromatic carbocycles. The van der Waals surface area contributed by atoms with Gasteiger partial charge in [-0.05, 0) is 30.5 Å². The molecule has 0 spiro atoms. The van der Waals surface area contributed by atoms with Crippen molar-refractivity contribution in [3.05, 3.63) is 35.4 Å².